The van der Waals surface area contributed by atoms with Gasteiger partial charge in [0.15, 0.2) is 0 Å². The molecule has 0 unspecified atom stereocenters. The van der Waals surface area contributed by atoms with E-state index in [1.165, 1.54) is 0 Å². The summed E-state index contributed by atoms with van der Waals surface area (Å²) in [6, 6.07) is 1.70. The van der Waals surface area contributed by atoms with Crippen molar-refractivity contribution in [3.63, 3.8) is 0 Å². The van der Waals surface area contributed by atoms with E-state index in [-0.39, 0.29) is 0 Å². The lowest BCUT2D eigenvalue weighted by molar-refractivity contribution is 0.303. The highest BCUT2D eigenvalue weighted by atomic mass is 16.5. The molecule has 0 fully saturated rings. The summed E-state index contributed by atoms with van der Waals surface area (Å²) in [6.07, 6.45) is 2.79. The summed E-state index contributed by atoms with van der Waals surface area (Å²) in [5.74, 6) is 7.26. The van der Waals surface area contributed by atoms with E-state index in [1.807, 2.05) is 0 Å². The number of aryl methyl sites for hydroxylation is 1. The van der Waals surface area contributed by atoms with Crippen molar-refractivity contribution >= 4 is 5.82 Å². The Kier molecular flexibility index (Phi) is 4.83. The fourth-order valence-corrected chi connectivity index (χ4v) is 1.16. The maximum Gasteiger partial charge on any atom is 0.218 e. The van der Waals surface area contributed by atoms with Gasteiger partial charge in [-0.15, -0.1) is 0 Å². The Hall–Kier alpha value is -1.36. The van der Waals surface area contributed by atoms with E-state index in [4.69, 9.17) is 10.6 Å². The predicted octanol–water partition coefficient (Wildman–Crippen LogP) is 1.50. The van der Waals surface area contributed by atoms with Gasteiger partial charge in [-0.2, -0.15) is 4.98 Å². The Morgan fingerprint density at radius 3 is 2.73 bits per heavy atom. The van der Waals surface area contributed by atoms with Crippen molar-refractivity contribution in [1.82, 2.24) is 9.97 Å². The van der Waals surface area contributed by atoms with Gasteiger partial charge in [-0.3, -0.25) is 0 Å². The molecule has 0 saturated heterocycles. The summed E-state index contributed by atoms with van der Waals surface area (Å²) in [4.78, 5) is 8.50. The average Bonchev–Trinajstić information content (AvgIpc) is 2.26. The molecule has 1 aromatic rings. The van der Waals surface area contributed by atoms with Crippen LogP contribution in [0.5, 0.6) is 5.88 Å². The molecule has 0 amide bonds. The van der Waals surface area contributed by atoms with Crippen LogP contribution in [0.2, 0.25) is 0 Å². The smallest absolute Gasteiger partial charge is 0.218 e. The second-order valence-electron chi connectivity index (χ2n) is 3.25. The molecule has 15 heavy (non-hydrogen) atoms. The van der Waals surface area contributed by atoms with E-state index < -0.39 is 0 Å². The molecule has 5 nitrogen and oxygen atoms in total. The third-order valence-electron chi connectivity index (χ3n) is 1.82. The maximum absolute atomic E-state index is 5.44. The molecule has 0 aliphatic rings. The van der Waals surface area contributed by atoms with E-state index in [1.54, 1.807) is 6.07 Å². The lowest BCUT2D eigenvalue weighted by Crippen LogP contribution is -2.11. The van der Waals surface area contributed by atoms with E-state index in [0.717, 1.165) is 25.1 Å². The maximum atomic E-state index is 5.44. The van der Waals surface area contributed by atoms with Gasteiger partial charge < -0.3 is 10.2 Å². The Morgan fingerprint density at radius 1 is 1.33 bits per heavy atom. The first-order valence-corrected chi connectivity index (χ1v) is 5.27. The van der Waals surface area contributed by atoms with Crippen LogP contribution in [-0.4, -0.2) is 16.6 Å². The molecule has 1 aromatic heterocycles. The SMILES string of the molecule is CCCOc1cc(NN)nc(CCC)n1. The van der Waals surface area contributed by atoms with Gasteiger partial charge in [0.25, 0.3) is 0 Å². The van der Waals surface area contributed by atoms with Crippen LogP contribution < -0.4 is 16.0 Å². The van der Waals surface area contributed by atoms with Crippen molar-refractivity contribution < 1.29 is 4.74 Å². The Morgan fingerprint density at radius 2 is 2.13 bits per heavy atom. The number of hydrogen-bond donors (Lipinski definition) is 2. The topological polar surface area (TPSA) is 73.1 Å². The number of ether oxygens (including phenoxy) is 1. The van der Waals surface area contributed by atoms with Crippen LogP contribution in [-0.2, 0) is 6.42 Å². The molecule has 0 spiro atoms. The summed E-state index contributed by atoms with van der Waals surface area (Å²) in [5, 5.41) is 0. The highest BCUT2D eigenvalue weighted by molar-refractivity contribution is 5.36. The molecule has 0 radical (unpaired) electrons. The molecule has 3 N–H and O–H groups in total. The molecule has 0 aliphatic heterocycles. The van der Waals surface area contributed by atoms with Crippen LogP contribution in [0.25, 0.3) is 0 Å². The molecule has 0 aromatic carbocycles. The fraction of sp³-hybridized carbons (Fsp3) is 0.600. The van der Waals surface area contributed by atoms with Crippen molar-refractivity contribution in [3.8, 4) is 5.88 Å². The van der Waals surface area contributed by atoms with Gasteiger partial charge >= 0.3 is 0 Å². The number of anilines is 1. The molecule has 0 saturated carbocycles. The van der Waals surface area contributed by atoms with E-state index in [2.05, 4.69) is 29.2 Å². The van der Waals surface area contributed by atoms with Crippen LogP contribution in [0.15, 0.2) is 6.07 Å². The number of nitrogen functional groups attached to an aromatic ring is 1. The summed E-state index contributed by atoms with van der Waals surface area (Å²) >= 11 is 0. The Balaban J connectivity index is 2.79. The molecular formula is C10H18N4O. The first-order chi connectivity index (χ1) is 7.30. The minimum atomic E-state index is 0.586. The second kappa shape index (κ2) is 6.19. The molecule has 5 heteroatoms. The summed E-state index contributed by atoms with van der Waals surface area (Å²) < 4.78 is 5.44. The van der Waals surface area contributed by atoms with Crippen molar-refractivity contribution in [2.45, 2.75) is 33.1 Å². The summed E-state index contributed by atoms with van der Waals surface area (Å²) in [6.45, 7) is 4.79. The van der Waals surface area contributed by atoms with Crippen LogP contribution in [0.3, 0.4) is 0 Å². The number of hydrogen-bond acceptors (Lipinski definition) is 5. The zero-order valence-electron chi connectivity index (χ0n) is 9.29. The van der Waals surface area contributed by atoms with E-state index >= 15 is 0 Å². The average molecular weight is 210 g/mol. The predicted molar refractivity (Wildman–Crippen MR) is 59.6 cm³/mol. The fourth-order valence-electron chi connectivity index (χ4n) is 1.16. The number of nitrogens with two attached hydrogens (primary N) is 1. The van der Waals surface area contributed by atoms with Crippen molar-refractivity contribution in [1.29, 1.82) is 0 Å². The van der Waals surface area contributed by atoms with Gasteiger partial charge in [0.1, 0.15) is 11.6 Å². The molecule has 0 aliphatic carbocycles. The van der Waals surface area contributed by atoms with Crippen LogP contribution in [0, 0.1) is 0 Å². The quantitative estimate of drug-likeness (QED) is 0.550. The van der Waals surface area contributed by atoms with Crippen molar-refractivity contribution in [2.75, 3.05) is 12.0 Å². The van der Waals surface area contributed by atoms with E-state index in [9.17, 15) is 0 Å². The van der Waals surface area contributed by atoms with Crippen LogP contribution >= 0.6 is 0 Å². The van der Waals surface area contributed by atoms with Gasteiger partial charge in [-0.1, -0.05) is 13.8 Å². The minimum Gasteiger partial charge on any atom is -0.478 e. The van der Waals surface area contributed by atoms with Gasteiger partial charge in [-0.05, 0) is 12.8 Å². The minimum absolute atomic E-state index is 0.586. The molecule has 0 bridgehead atoms. The summed E-state index contributed by atoms with van der Waals surface area (Å²) in [5.41, 5.74) is 2.51. The monoisotopic (exact) mass is 210 g/mol. The first kappa shape index (κ1) is 11.7. The Labute approximate surface area is 90.0 Å². The third-order valence-corrected chi connectivity index (χ3v) is 1.82. The zero-order valence-corrected chi connectivity index (χ0v) is 9.29. The number of nitrogens with one attached hydrogen (secondary N) is 1. The largest absolute Gasteiger partial charge is 0.478 e. The van der Waals surface area contributed by atoms with Crippen LogP contribution in [0.4, 0.5) is 5.82 Å². The second-order valence-corrected chi connectivity index (χ2v) is 3.25. The third kappa shape index (κ3) is 3.71. The first-order valence-electron chi connectivity index (χ1n) is 5.27. The van der Waals surface area contributed by atoms with Crippen molar-refractivity contribution in [2.24, 2.45) is 5.84 Å². The zero-order chi connectivity index (χ0) is 11.1. The van der Waals surface area contributed by atoms with Gasteiger partial charge in [-0.25, -0.2) is 10.8 Å². The molecule has 1 heterocycles. The van der Waals surface area contributed by atoms with E-state index in [0.29, 0.717) is 18.3 Å². The highest BCUT2D eigenvalue weighted by Crippen LogP contribution is 2.13. The number of nitrogens with zero attached hydrogens (tertiary/aromatic N) is 2. The summed E-state index contributed by atoms with van der Waals surface area (Å²) in [7, 11) is 0. The molecule has 0 atom stereocenters. The van der Waals surface area contributed by atoms with Crippen LogP contribution in [0.1, 0.15) is 32.5 Å². The number of aromatic nitrogens is 2. The number of hydrazine groups is 1. The van der Waals surface area contributed by atoms with Crippen molar-refractivity contribution in [3.05, 3.63) is 11.9 Å². The lowest BCUT2D eigenvalue weighted by Gasteiger charge is -2.07. The van der Waals surface area contributed by atoms with Gasteiger partial charge in [0.2, 0.25) is 5.88 Å². The normalized spacial score (nSPS) is 10.1. The molecular weight excluding hydrogens is 192 g/mol. The van der Waals surface area contributed by atoms with Gasteiger partial charge in [0.05, 0.1) is 6.61 Å². The lowest BCUT2D eigenvalue weighted by atomic mass is 10.3. The standard InChI is InChI=1S/C10H18N4O/c1-3-5-8-12-9(14-11)7-10(13-8)15-6-4-2/h7H,3-6,11H2,1-2H3,(H,12,13,14). The number of rotatable bonds is 6. The highest BCUT2D eigenvalue weighted by Gasteiger charge is 2.03. The van der Waals surface area contributed by atoms with Gasteiger partial charge in [0, 0.05) is 12.5 Å². The molecule has 1 rings (SSSR count). The Bertz CT molecular complexity index is 303. The molecule has 84 valence electrons.